The van der Waals surface area contributed by atoms with E-state index in [9.17, 15) is 9.59 Å². The smallest absolute Gasteiger partial charge is 0.326 e. The molecule has 0 aliphatic carbocycles. The van der Waals surface area contributed by atoms with Crippen molar-refractivity contribution in [2.24, 2.45) is 5.92 Å². The topological polar surface area (TPSA) is 78.4 Å². The molecule has 0 bridgehead atoms. The number of carboxylic acids is 1. The third-order valence-electron chi connectivity index (χ3n) is 3.01. The van der Waals surface area contributed by atoms with Gasteiger partial charge in [0, 0.05) is 4.47 Å². The standard InChI is InChI=1S/C13H15BrCl2N2O3/c1-3-6(2)10(12(19)20)17-13(21)18-11-8(15)4-7(14)5-9(11)16/h4-6,10H,3H2,1-2H3,(H,19,20)(H2,17,18,21)/t6?,10-/m0/s1. The van der Waals surface area contributed by atoms with E-state index >= 15 is 0 Å². The molecule has 8 heteroatoms. The molecule has 21 heavy (non-hydrogen) atoms. The maximum atomic E-state index is 11.9. The zero-order chi connectivity index (χ0) is 16.2. The molecular formula is C13H15BrCl2N2O3. The highest BCUT2D eigenvalue weighted by atomic mass is 79.9. The van der Waals surface area contributed by atoms with E-state index in [1.807, 2.05) is 6.92 Å². The van der Waals surface area contributed by atoms with E-state index in [0.717, 1.165) is 0 Å². The second-order valence-electron chi connectivity index (χ2n) is 4.54. The van der Waals surface area contributed by atoms with Gasteiger partial charge < -0.3 is 15.7 Å². The van der Waals surface area contributed by atoms with Crippen molar-refractivity contribution in [2.45, 2.75) is 26.3 Å². The number of carbonyl (C=O) groups excluding carboxylic acids is 1. The van der Waals surface area contributed by atoms with Crippen molar-refractivity contribution < 1.29 is 14.7 Å². The Morgan fingerprint density at radius 1 is 1.33 bits per heavy atom. The fourth-order valence-electron chi connectivity index (χ4n) is 1.64. The second-order valence-corrected chi connectivity index (χ2v) is 6.27. The second kappa shape index (κ2) is 7.87. The normalized spacial score (nSPS) is 13.4. The quantitative estimate of drug-likeness (QED) is 0.689. The number of rotatable bonds is 5. The number of halogens is 3. The molecule has 5 nitrogen and oxygen atoms in total. The molecule has 1 aromatic carbocycles. The molecule has 0 saturated heterocycles. The van der Waals surface area contributed by atoms with E-state index < -0.39 is 18.0 Å². The van der Waals surface area contributed by atoms with Gasteiger partial charge in [-0.05, 0) is 18.1 Å². The van der Waals surface area contributed by atoms with Crippen LogP contribution >= 0.6 is 39.1 Å². The summed E-state index contributed by atoms with van der Waals surface area (Å²) in [7, 11) is 0. The molecule has 0 fully saturated rings. The fourth-order valence-corrected chi connectivity index (χ4v) is 2.94. The lowest BCUT2D eigenvalue weighted by atomic mass is 9.99. The molecular weight excluding hydrogens is 383 g/mol. The Labute approximate surface area is 141 Å². The van der Waals surface area contributed by atoms with Crippen LogP contribution in [0.2, 0.25) is 10.0 Å². The van der Waals surface area contributed by atoms with Gasteiger partial charge in [0.2, 0.25) is 0 Å². The Kier molecular flexibility index (Phi) is 6.77. The SMILES string of the molecule is CCC(C)[C@H](NC(=O)Nc1c(Cl)cc(Br)cc1Cl)C(=O)O. The molecule has 2 amide bonds. The Morgan fingerprint density at radius 3 is 2.29 bits per heavy atom. The average molecular weight is 398 g/mol. The number of carboxylic acid groups (broad SMARTS) is 1. The van der Waals surface area contributed by atoms with Crippen LogP contribution in [0.5, 0.6) is 0 Å². The van der Waals surface area contributed by atoms with Gasteiger partial charge in [-0.2, -0.15) is 0 Å². The van der Waals surface area contributed by atoms with E-state index in [4.69, 9.17) is 28.3 Å². The van der Waals surface area contributed by atoms with Crippen molar-refractivity contribution in [1.82, 2.24) is 5.32 Å². The number of hydrogen-bond acceptors (Lipinski definition) is 2. The number of carbonyl (C=O) groups is 2. The number of aliphatic carboxylic acids is 1. The van der Waals surface area contributed by atoms with Crippen LogP contribution in [0.1, 0.15) is 20.3 Å². The molecule has 0 radical (unpaired) electrons. The van der Waals surface area contributed by atoms with Gasteiger partial charge in [-0.15, -0.1) is 0 Å². The van der Waals surface area contributed by atoms with Gasteiger partial charge in [-0.1, -0.05) is 59.4 Å². The highest BCUT2D eigenvalue weighted by Gasteiger charge is 2.25. The number of amides is 2. The predicted molar refractivity (Wildman–Crippen MR) is 87.2 cm³/mol. The van der Waals surface area contributed by atoms with Crippen molar-refractivity contribution >= 4 is 56.8 Å². The zero-order valence-corrected chi connectivity index (χ0v) is 14.5. The summed E-state index contributed by atoms with van der Waals surface area (Å²) in [5.41, 5.74) is 0.229. The van der Waals surface area contributed by atoms with Crippen molar-refractivity contribution in [3.8, 4) is 0 Å². The van der Waals surface area contributed by atoms with Crippen molar-refractivity contribution in [2.75, 3.05) is 5.32 Å². The first kappa shape index (κ1) is 18.1. The van der Waals surface area contributed by atoms with Gasteiger partial charge in [0.05, 0.1) is 15.7 Å². The summed E-state index contributed by atoms with van der Waals surface area (Å²) in [6.07, 6.45) is 0.622. The van der Waals surface area contributed by atoms with E-state index in [1.54, 1.807) is 19.1 Å². The highest BCUT2D eigenvalue weighted by molar-refractivity contribution is 9.10. The summed E-state index contributed by atoms with van der Waals surface area (Å²) in [5, 5.41) is 14.5. The van der Waals surface area contributed by atoms with Crippen molar-refractivity contribution in [1.29, 1.82) is 0 Å². The minimum atomic E-state index is -1.09. The van der Waals surface area contributed by atoms with Gasteiger partial charge in [-0.25, -0.2) is 9.59 Å². The summed E-state index contributed by atoms with van der Waals surface area (Å²) >= 11 is 15.2. The van der Waals surface area contributed by atoms with Gasteiger partial charge in [0.25, 0.3) is 0 Å². The molecule has 0 heterocycles. The van der Waals surface area contributed by atoms with Crippen molar-refractivity contribution in [3.63, 3.8) is 0 Å². The van der Waals surface area contributed by atoms with Crippen LogP contribution in [-0.2, 0) is 4.79 Å². The molecule has 1 rings (SSSR count). The van der Waals surface area contributed by atoms with Gasteiger partial charge in [-0.3, -0.25) is 0 Å². The fraction of sp³-hybridized carbons (Fsp3) is 0.385. The zero-order valence-electron chi connectivity index (χ0n) is 11.4. The molecule has 1 unspecified atom stereocenters. The van der Waals surface area contributed by atoms with E-state index in [0.29, 0.717) is 10.9 Å². The number of hydrogen-bond donors (Lipinski definition) is 3. The van der Waals surface area contributed by atoms with E-state index in [2.05, 4.69) is 26.6 Å². The summed E-state index contributed by atoms with van der Waals surface area (Å²) < 4.78 is 0.673. The van der Waals surface area contributed by atoms with Crippen LogP contribution in [0.4, 0.5) is 10.5 Å². The van der Waals surface area contributed by atoms with Crippen LogP contribution in [-0.4, -0.2) is 23.1 Å². The predicted octanol–water partition coefficient (Wildman–Crippen LogP) is 4.38. The molecule has 0 saturated carbocycles. The first-order valence-corrected chi connectivity index (χ1v) is 7.76. The maximum absolute atomic E-state index is 11.9. The van der Waals surface area contributed by atoms with Crippen LogP contribution < -0.4 is 10.6 Å². The van der Waals surface area contributed by atoms with Crippen LogP contribution in [0.3, 0.4) is 0 Å². The summed E-state index contributed by atoms with van der Waals surface area (Å²) in [6.45, 7) is 3.60. The molecule has 3 N–H and O–H groups in total. The van der Waals surface area contributed by atoms with Crippen LogP contribution in [0.25, 0.3) is 0 Å². The Balaban J connectivity index is 2.84. The first-order chi connectivity index (χ1) is 9.76. The van der Waals surface area contributed by atoms with Crippen LogP contribution in [0, 0.1) is 5.92 Å². The molecule has 1 aromatic rings. The minimum absolute atomic E-state index is 0.205. The number of nitrogens with one attached hydrogen (secondary N) is 2. The van der Waals surface area contributed by atoms with Gasteiger partial charge in [0.15, 0.2) is 0 Å². The molecule has 0 aliphatic rings. The molecule has 2 atom stereocenters. The van der Waals surface area contributed by atoms with Crippen molar-refractivity contribution in [3.05, 3.63) is 26.7 Å². The minimum Gasteiger partial charge on any atom is -0.480 e. The summed E-state index contributed by atoms with van der Waals surface area (Å²) in [4.78, 5) is 23.1. The van der Waals surface area contributed by atoms with Gasteiger partial charge in [0.1, 0.15) is 6.04 Å². The highest BCUT2D eigenvalue weighted by Crippen LogP contribution is 2.33. The van der Waals surface area contributed by atoms with E-state index in [-0.39, 0.29) is 21.7 Å². The average Bonchev–Trinajstić information content (AvgIpc) is 2.39. The molecule has 116 valence electrons. The molecule has 0 spiro atoms. The Bertz CT molecular complexity index is 531. The first-order valence-electron chi connectivity index (χ1n) is 6.21. The lowest BCUT2D eigenvalue weighted by Gasteiger charge is -2.20. The summed E-state index contributed by atoms with van der Waals surface area (Å²) in [6, 6.07) is 1.50. The third-order valence-corrected chi connectivity index (χ3v) is 4.07. The number of anilines is 1. The number of benzene rings is 1. The number of urea groups is 1. The Morgan fingerprint density at radius 2 is 1.86 bits per heavy atom. The van der Waals surface area contributed by atoms with Crippen LogP contribution in [0.15, 0.2) is 16.6 Å². The maximum Gasteiger partial charge on any atom is 0.326 e. The summed E-state index contributed by atoms with van der Waals surface area (Å²) in [5.74, 6) is -1.29. The van der Waals surface area contributed by atoms with E-state index in [1.165, 1.54) is 0 Å². The lowest BCUT2D eigenvalue weighted by Crippen LogP contribution is -2.46. The largest absolute Gasteiger partial charge is 0.480 e. The lowest BCUT2D eigenvalue weighted by molar-refractivity contribution is -0.140. The van der Waals surface area contributed by atoms with Gasteiger partial charge >= 0.3 is 12.0 Å². The molecule has 0 aliphatic heterocycles. The third kappa shape index (κ3) is 5.05. The monoisotopic (exact) mass is 396 g/mol. The molecule has 0 aromatic heterocycles. The Hall–Kier alpha value is -0.980.